The van der Waals surface area contributed by atoms with Crippen LogP contribution in [0.3, 0.4) is 0 Å². The molecule has 0 unspecified atom stereocenters. The lowest BCUT2D eigenvalue weighted by molar-refractivity contribution is -0.137. The largest absolute Gasteiger partial charge is 0.416 e. The molecule has 0 saturated carbocycles. The number of aromatic nitrogens is 4. The van der Waals surface area contributed by atoms with Gasteiger partial charge >= 0.3 is 6.18 Å². The predicted octanol–water partition coefficient (Wildman–Crippen LogP) is 4.36. The molecule has 32 heavy (non-hydrogen) atoms. The number of halogens is 3. The summed E-state index contributed by atoms with van der Waals surface area (Å²) in [5.74, 6) is 1.55. The molecule has 0 bridgehead atoms. The Labute approximate surface area is 181 Å². The van der Waals surface area contributed by atoms with Crippen LogP contribution in [0.25, 0.3) is 22.3 Å². The Morgan fingerprint density at radius 1 is 1.16 bits per heavy atom. The number of nitrogens with one attached hydrogen (secondary N) is 2. The van der Waals surface area contributed by atoms with Crippen molar-refractivity contribution in [2.24, 2.45) is 0 Å². The van der Waals surface area contributed by atoms with E-state index < -0.39 is 11.7 Å². The average Bonchev–Trinajstić information content (AvgIpc) is 3.14. The van der Waals surface area contributed by atoms with Gasteiger partial charge in [-0.25, -0.2) is 15.0 Å². The second-order valence-corrected chi connectivity index (χ2v) is 7.78. The van der Waals surface area contributed by atoms with Gasteiger partial charge in [-0.15, -0.1) is 0 Å². The first-order valence-corrected chi connectivity index (χ1v) is 10.1. The number of aryl methyl sites for hydroxylation is 1. The number of H-pyrrole nitrogens is 1. The molecule has 0 aliphatic carbocycles. The maximum atomic E-state index is 13.1. The van der Waals surface area contributed by atoms with Crippen molar-refractivity contribution in [3.63, 3.8) is 0 Å². The van der Waals surface area contributed by atoms with Gasteiger partial charge in [-0.3, -0.25) is 0 Å². The highest BCUT2D eigenvalue weighted by Crippen LogP contribution is 2.33. The van der Waals surface area contributed by atoms with E-state index in [1.807, 2.05) is 24.0 Å². The molecule has 0 atom stereocenters. The number of nitrogens with zero attached hydrogens (tertiary/aromatic N) is 4. The van der Waals surface area contributed by atoms with E-state index in [1.165, 1.54) is 12.1 Å². The highest BCUT2D eigenvalue weighted by molar-refractivity contribution is 5.86. The van der Waals surface area contributed by atoms with Crippen LogP contribution in [0, 0.1) is 6.92 Å². The number of aromatic amines is 1. The second-order valence-electron chi connectivity index (χ2n) is 7.78. The Balaban J connectivity index is 1.50. The maximum absolute atomic E-state index is 13.1. The zero-order chi connectivity index (χ0) is 22.5. The molecule has 3 heterocycles. The molecule has 0 fully saturated rings. The highest BCUT2D eigenvalue weighted by atomic mass is 19.4. The molecule has 5 rings (SSSR count). The van der Waals surface area contributed by atoms with E-state index in [1.54, 1.807) is 12.3 Å². The van der Waals surface area contributed by atoms with Crippen LogP contribution in [0.1, 0.15) is 16.7 Å². The molecule has 0 radical (unpaired) electrons. The minimum Gasteiger partial charge on any atom is -0.369 e. The molecule has 2 aromatic carbocycles. The van der Waals surface area contributed by atoms with Crippen molar-refractivity contribution in [3.05, 3.63) is 59.3 Å². The van der Waals surface area contributed by atoms with Gasteiger partial charge in [-0.2, -0.15) is 13.2 Å². The number of nitrogens with two attached hydrogens (primary N) is 1. The topological polar surface area (TPSA) is 95.8 Å². The zero-order valence-corrected chi connectivity index (χ0v) is 17.2. The standard InChI is InChI=1S/C22H20F3N7/c1-12-7-14(9-16-18(12)31-21(26)30-16)17-10-28-19-20(29-17)32(6-5-27-19)11-13-3-2-4-15(8-13)22(23,24)25/h2-4,7-10H,5-6,11H2,1H3,(H,27,28)(H3,26,30,31). The fraction of sp³-hybridized carbons (Fsp3) is 0.227. The lowest BCUT2D eigenvalue weighted by Crippen LogP contribution is -2.35. The number of anilines is 3. The van der Waals surface area contributed by atoms with E-state index in [9.17, 15) is 13.2 Å². The molecule has 0 amide bonds. The molecule has 164 valence electrons. The van der Waals surface area contributed by atoms with E-state index in [0.717, 1.165) is 28.2 Å². The van der Waals surface area contributed by atoms with Crippen molar-refractivity contribution < 1.29 is 13.2 Å². The lowest BCUT2D eigenvalue weighted by Gasteiger charge is -2.30. The van der Waals surface area contributed by atoms with Gasteiger partial charge in [0, 0.05) is 25.2 Å². The molecule has 0 saturated heterocycles. The van der Waals surface area contributed by atoms with Gasteiger partial charge in [-0.1, -0.05) is 12.1 Å². The van der Waals surface area contributed by atoms with Gasteiger partial charge in [-0.05, 0) is 42.3 Å². The fourth-order valence-electron chi connectivity index (χ4n) is 3.95. The van der Waals surface area contributed by atoms with Gasteiger partial charge in [0.1, 0.15) is 0 Å². The number of fused-ring (bicyclic) bond motifs is 2. The Hall–Kier alpha value is -3.82. The number of hydrogen-bond donors (Lipinski definition) is 3. The van der Waals surface area contributed by atoms with Crippen LogP contribution >= 0.6 is 0 Å². The quantitative estimate of drug-likeness (QED) is 0.439. The van der Waals surface area contributed by atoms with Crippen molar-refractivity contribution in [3.8, 4) is 11.3 Å². The van der Waals surface area contributed by atoms with E-state index >= 15 is 0 Å². The maximum Gasteiger partial charge on any atom is 0.416 e. The van der Waals surface area contributed by atoms with E-state index in [0.29, 0.717) is 48.5 Å². The fourth-order valence-corrected chi connectivity index (χ4v) is 3.95. The molecule has 2 aromatic heterocycles. The van der Waals surface area contributed by atoms with Crippen LogP contribution < -0.4 is 16.0 Å². The summed E-state index contributed by atoms with van der Waals surface area (Å²) in [6.07, 6.45) is -2.70. The third-order valence-corrected chi connectivity index (χ3v) is 5.46. The van der Waals surface area contributed by atoms with E-state index in [-0.39, 0.29) is 0 Å². The Morgan fingerprint density at radius 3 is 2.81 bits per heavy atom. The molecule has 1 aliphatic rings. The molecule has 0 spiro atoms. The van der Waals surface area contributed by atoms with Crippen LogP contribution in [-0.4, -0.2) is 33.0 Å². The molecule has 4 aromatic rings. The SMILES string of the molecule is Cc1cc(-c2cnc3c(n2)N(Cc2cccc(C(F)(F)F)c2)CCN3)cc2nc(N)[nH]c12. The number of hydrogen-bond acceptors (Lipinski definition) is 6. The van der Waals surface area contributed by atoms with Crippen molar-refractivity contribution in [1.82, 2.24) is 19.9 Å². The minimum absolute atomic E-state index is 0.296. The molecule has 4 N–H and O–H groups in total. The monoisotopic (exact) mass is 439 g/mol. The van der Waals surface area contributed by atoms with Crippen LogP contribution in [0.4, 0.5) is 30.8 Å². The van der Waals surface area contributed by atoms with Gasteiger partial charge in [0.25, 0.3) is 0 Å². The van der Waals surface area contributed by atoms with Gasteiger partial charge in [0.05, 0.1) is 28.5 Å². The first-order chi connectivity index (χ1) is 15.3. The van der Waals surface area contributed by atoms with Crippen LogP contribution in [0.15, 0.2) is 42.6 Å². The molecular formula is C22H20F3N7. The number of imidazole rings is 1. The summed E-state index contributed by atoms with van der Waals surface area (Å²) < 4.78 is 39.3. The van der Waals surface area contributed by atoms with Crippen LogP contribution in [0.2, 0.25) is 0 Å². The summed E-state index contributed by atoms with van der Waals surface area (Å²) in [6, 6.07) is 9.23. The van der Waals surface area contributed by atoms with E-state index in [2.05, 4.69) is 20.3 Å². The zero-order valence-electron chi connectivity index (χ0n) is 17.2. The summed E-state index contributed by atoms with van der Waals surface area (Å²) in [4.78, 5) is 18.6. The van der Waals surface area contributed by atoms with Crippen LogP contribution in [0.5, 0.6) is 0 Å². The Bertz CT molecular complexity index is 1310. The molecule has 7 nitrogen and oxygen atoms in total. The first-order valence-electron chi connectivity index (χ1n) is 10.1. The Kier molecular flexibility index (Phi) is 4.65. The number of rotatable bonds is 3. The minimum atomic E-state index is -4.38. The number of nitrogen functional groups attached to an aromatic ring is 1. The first kappa shape index (κ1) is 20.1. The number of benzene rings is 2. The van der Waals surface area contributed by atoms with Gasteiger partial charge in [0.2, 0.25) is 0 Å². The summed E-state index contributed by atoms with van der Waals surface area (Å²) in [6.45, 7) is 3.47. The van der Waals surface area contributed by atoms with Crippen molar-refractivity contribution >= 4 is 28.6 Å². The van der Waals surface area contributed by atoms with E-state index in [4.69, 9.17) is 10.7 Å². The summed E-state index contributed by atoms with van der Waals surface area (Å²) in [5, 5.41) is 3.21. The van der Waals surface area contributed by atoms with Crippen LogP contribution in [-0.2, 0) is 12.7 Å². The lowest BCUT2D eigenvalue weighted by atomic mass is 10.1. The summed E-state index contributed by atoms with van der Waals surface area (Å²) in [5.41, 5.74) is 9.74. The normalized spacial score (nSPS) is 13.8. The summed E-state index contributed by atoms with van der Waals surface area (Å²) >= 11 is 0. The molecular weight excluding hydrogens is 419 g/mol. The van der Waals surface area contributed by atoms with Gasteiger partial charge in [0.15, 0.2) is 17.6 Å². The average molecular weight is 439 g/mol. The predicted molar refractivity (Wildman–Crippen MR) is 117 cm³/mol. The molecule has 1 aliphatic heterocycles. The van der Waals surface area contributed by atoms with Crippen molar-refractivity contribution in [2.75, 3.05) is 29.0 Å². The third kappa shape index (κ3) is 3.68. The van der Waals surface area contributed by atoms with Crippen molar-refractivity contribution in [1.29, 1.82) is 0 Å². The highest BCUT2D eigenvalue weighted by Gasteiger charge is 2.30. The third-order valence-electron chi connectivity index (χ3n) is 5.46. The summed E-state index contributed by atoms with van der Waals surface area (Å²) in [7, 11) is 0. The second kappa shape index (κ2) is 7.40. The van der Waals surface area contributed by atoms with Gasteiger partial charge < -0.3 is 20.9 Å². The molecule has 10 heteroatoms. The smallest absolute Gasteiger partial charge is 0.369 e. The Morgan fingerprint density at radius 2 is 2.00 bits per heavy atom. The van der Waals surface area contributed by atoms with Crippen molar-refractivity contribution in [2.45, 2.75) is 19.6 Å². The number of alkyl halides is 3.